The van der Waals surface area contributed by atoms with Crippen LogP contribution in [-0.4, -0.2) is 113 Å². The lowest BCUT2D eigenvalue weighted by atomic mass is 10.3. The van der Waals surface area contributed by atoms with Gasteiger partial charge in [0.2, 0.25) is 0 Å². The van der Waals surface area contributed by atoms with Crippen molar-refractivity contribution in [3.05, 3.63) is 0 Å². The molecule has 12 heteroatoms. The van der Waals surface area contributed by atoms with E-state index in [2.05, 4.69) is 0 Å². The molecule has 0 spiro atoms. The summed E-state index contributed by atoms with van der Waals surface area (Å²) in [7, 11) is 0. The van der Waals surface area contributed by atoms with Crippen LogP contribution in [0.1, 0.15) is 62.3 Å². The third-order valence-corrected chi connectivity index (χ3v) is 4.83. The highest BCUT2D eigenvalue weighted by atomic mass is 16.6. The van der Waals surface area contributed by atoms with Gasteiger partial charge in [-0.1, -0.05) is 0 Å². The van der Waals surface area contributed by atoms with Crippen molar-refractivity contribution in [2.24, 2.45) is 0 Å². The molecule has 39 heavy (non-hydrogen) atoms. The lowest BCUT2D eigenvalue weighted by molar-refractivity contribution is -0.153. The Morgan fingerprint density at radius 2 is 0.692 bits per heavy atom. The van der Waals surface area contributed by atoms with E-state index in [1.165, 1.54) is 20.8 Å². The number of ether oxygens (including phenoxy) is 9. The summed E-state index contributed by atoms with van der Waals surface area (Å²) in [6, 6.07) is 0. The Kier molecular flexibility index (Phi) is 20.9. The first-order valence-electron chi connectivity index (χ1n) is 13.4. The monoisotopic (exact) mass is 566 g/mol. The molecule has 0 aliphatic heterocycles. The van der Waals surface area contributed by atoms with Crippen LogP contribution in [0.25, 0.3) is 0 Å². The normalized spacial score (nSPS) is 16.8. The van der Waals surface area contributed by atoms with E-state index in [0.29, 0.717) is 13.2 Å². The molecule has 0 fully saturated rings. The van der Waals surface area contributed by atoms with Crippen LogP contribution in [0.3, 0.4) is 0 Å². The van der Waals surface area contributed by atoms with E-state index in [1.54, 1.807) is 20.8 Å². The molecule has 0 saturated carbocycles. The van der Waals surface area contributed by atoms with Crippen molar-refractivity contribution in [3.8, 4) is 0 Å². The Balaban J connectivity index is 4.60. The van der Waals surface area contributed by atoms with Gasteiger partial charge in [-0.05, 0) is 41.5 Å². The standard InChI is InChI=1S/C27H50O12/c1-18(33-13-21(4)37-24(7)28)10-31-16-27(36-12-20(3)35-15-23(6)39-26(9)30)17-32-11-19(2)34-14-22(5)38-25(8)29/h18-23,27H,10-17H2,1-9H3. The minimum absolute atomic E-state index is 0.220. The first-order valence-corrected chi connectivity index (χ1v) is 13.4. The molecule has 0 aliphatic carbocycles. The van der Waals surface area contributed by atoms with Gasteiger partial charge < -0.3 is 42.6 Å². The Hall–Kier alpha value is -1.83. The van der Waals surface area contributed by atoms with Crippen molar-refractivity contribution in [2.75, 3.05) is 52.9 Å². The van der Waals surface area contributed by atoms with Crippen molar-refractivity contribution < 1.29 is 57.0 Å². The molecule has 0 aromatic heterocycles. The van der Waals surface area contributed by atoms with Gasteiger partial charge in [0.15, 0.2) is 0 Å². The van der Waals surface area contributed by atoms with E-state index in [0.717, 1.165) is 0 Å². The quantitative estimate of drug-likeness (QED) is 0.133. The van der Waals surface area contributed by atoms with E-state index in [9.17, 15) is 14.4 Å². The third kappa shape index (κ3) is 23.7. The van der Waals surface area contributed by atoms with Crippen LogP contribution in [0.15, 0.2) is 0 Å². The average molecular weight is 567 g/mol. The highest BCUT2D eigenvalue weighted by Gasteiger charge is 2.17. The van der Waals surface area contributed by atoms with Gasteiger partial charge in [0.1, 0.15) is 24.4 Å². The molecule has 0 N–H and O–H groups in total. The predicted octanol–water partition coefficient (Wildman–Crippen LogP) is 2.47. The minimum atomic E-state index is -0.388. The first kappa shape index (κ1) is 37.2. The van der Waals surface area contributed by atoms with Crippen LogP contribution in [0, 0.1) is 0 Å². The van der Waals surface area contributed by atoms with E-state index >= 15 is 0 Å². The number of carbonyl (C=O) groups is 3. The van der Waals surface area contributed by atoms with Crippen LogP contribution in [0.2, 0.25) is 0 Å². The van der Waals surface area contributed by atoms with Gasteiger partial charge in [0, 0.05) is 20.8 Å². The maximum atomic E-state index is 11.1. The summed E-state index contributed by atoms with van der Waals surface area (Å²) >= 11 is 0. The van der Waals surface area contributed by atoms with Crippen LogP contribution in [0.4, 0.5) is 0 Å². The van der Waals surface area contributed by atoms with Gasteiger partial charge in [-0.25, -0.2) is 0 Å². The highest BCUT2D eigenvalue weighted by molar-refractivity contribution is 5.66. The molecule has 0 radical (unpaired) electrons. The zero-order valence-corrected chi connectivity index (χ0v) is 25.1. The highest BCUT2D eigenvalue weighted by Crippen LogP contribution is 2.05. The number of hydrogen-bond donors (Lipinski definition) is 0. The summed E-state index contributed by atoms with van der Waals surface area (Å²) in [5.41, 5.74) is 0. The zero-order valence-electron chi connectivity index (χ0n) is 25.1. The SMILES string of the molecule is CC(=O)OC(C)COC(C)COCC(COCC(C)OCC(C)OC(C)=O)OCC(C)OCC(C)OC(C)=O. The largest absolute Gasteiger partial charge is 0.460 e. The summed E-state index contributed by atoms with van der Waals surface area (Å²) in [5.74, 6) is -1.07. The number of carbonyl (C=O) groups excluding carboxylic acids is 3. The topological polar surface area (TPSA) is 134 Å². The fourth-order valence-corrected chi connectivity index (χ4v) is 3.14. The molecule has 0 amide bonds. The second-order valence-corrected chi connectivity index (χ2v) is 9.72. The van der Waals surface area contributed by atoms with E-state index in [1.807, 2.05) is 20.8 Å². The van der Waals surface area contributed by atoms with Crippen LogP contribution in [0.5, 0.6) is 0 Å². The molecular formula is C27H50O12. The molecule has 0 bridgehead atoms. The fourth-order valence-electron chi connectivity index (χ4n) is 3.14. The first-order chi connectivity index (χ1) is 18.3. The average Bonchev–Trinajstić information content (AvgIpc) is 2.81. The van der Waals surface area contributed by atoms with Gasteiger partial charge >= 0.3 is 17.9 Å². The second-order valence-electron chi connectivity index (χ2n) is 9.72. The van der Waals surface area contributed by atoms with Gasteiger partial charge in [-0.15, -0.1) is 0 Å². The number of rotatable bonds is 23. The van der Waals surface area contributed by atoms with E-state index in [-0.39, 0.29) is 100 Å². The van der Waals surface area contributed by atoms with Gasteiger partial charge in [0.25, 0.3) is 0 Å². The number of hydrogen-bond acceptors (Lipinski definition) is 12. The molecule has 230 valence electrons. The molecule has 0 rings (SSSR count). The zero-order chi connectivity index (χ0) is 29.8. The fraction of sp³-hybridized carbons (Fsp3) is 0.889. The molecule has 0 heterocycles. The summed E-state index contributed by atoms with van der Waals surface area (Å²) in [6.45, 7) is 17.1. The summed E-state index contributed by atoms with van der Waals surface area (Å²) in [5, 5.41) is 0. The third-order valence-electron chi connectivity index (χ3n) is 4.83. The predicted molar refractivity (Wildman–Crippen MR) is 141 cm³/mol. The lowest BCUT2D eigenvalue weighted by Crippen LogP contribution is -2.33. The Morgan fingerprint density at radius 3 is 1.00 bits per heavy atom. The second kappa shape index (κ2) is 21.9. The minimum Gasteiger partial charge on any atom is -0.460 e. The molecular weight excluding hydrogens is 516 g/mol. The van der Waals surface area contributed by atoms with Crippen LogP contribution < -0.4 is 0 Å². The number of esters is 3. The van der Waals surface area contributed by atoms with E-state index < -0.39 is 0 Å². The summed E-state index contributed by atoms with van der Waals surface area (Å²) in [4.78, 5) is 33.1. The smallest absolute Gasteiger partial charge is 0.302 e. The summed E-state index contributed by atoms with van der Waals surface area (Å²) in [6.07, 6.45) is -2.13. The Morgan fingerprint density at radius 1 is 0.410 bits per heavy atom. The van der Waals surface area contributed by atoms with E-state index in [4.69, 9.17) is 42.6 Å². The van der Waals surface area contributed by atoms with Crippen molar-refractivity contribution in [1.29, 1.82) is 0 Å². The van der Waals surface area contributed by atoms with Crippen molar-refractivity contribution in [1.82, 2.24) is 0 Å². The summed E-state index contributed by atoms with van der Waals surface area (Å²) < 4.78 is 49.8. The Bertz CT molecular complexity index is 635. The van der Waals surface area contributed by atoms with Gasteiger partial charge in [-0.2, -0.15) is 0 Å². The maximum Gasteiger partial charge on any atom is 0.302 e. The van der Waals surface area contributed by atoms with Crippen LogP contribution >= 0.6 is 0 Å². The molecule has 6 atom stereocenters. The lowest BCUT2D eigenvalue weighted by Gasteiger charge is -2.24. The Labute approximate surface area is 233 Å². The maximum absolute atomic E-state index is 11.1. The molecule has 0 saturated heterocycles. The van der Waals surface area contributed by atoms with Crippen LogP contribution in [-0.2, 0) is 57.0 Å². The molecule has 6 unspecified atom stereocenters. The van der Waals surface area contributed by atoms with Gasteiger partial charge in [0.05, 0.1) is 71.2 Å². The van der Waals surface area contributed by atoms with Crippen molar-refractivity contribution in [2.45, 2.75) is 105 Å². The molecule has 0 aromatic rings. The van der Waals surface area contributed by atoms with Crippen molar-refractivity contribution in [3.63, 3.8) is 0 Å². The molecule has 0 aromatic carbocycles. The van der Waals surface area contributed by atoms with Crippen molar-refractivity contribution >= 4 is 17.9 Å². The molecule has 0 aliphatic rings. The van der Waals surface area contributed by atoms with Gasteiger partial charge in [-0.3, -0.25) is 14.4 Å². The molecule has 12 nitrogen and oxygen atoms in total.